The number of ketones is 2. The third-order valence-electron chi connectivity index (χ3n) is 12.4. The minimum absolute atomic E-state index is 0.00932. The molecule has 0 saturated carbocycles. The Balaban J connectivity index is 1.46. The highest BCUT2D eigenvalue weighted by molar-refractivity contribution is 14.1. The molecule has 4 heterocycles. The highest BCUT2D eigenvalue weighted by Crippen LogP contribution is 2.37. The minimum atomic E-state index is -1.34. The average molecular weight is 942 g/mol. The van der Waals surface area contributed by atoms with Crippen LogP contribution in [0.4, 0.5) is 0 Å². The van der Waals surface area contributed by atoms with E-state index in [0.29, 0.717) is 54.8 Å². The van der Waals surface area contributed by atoms with Crippen molar-refractivity contribution in [2.75, 3.05) is 34.3 Å². The van der Waals surface area contributed by atoms with Gasteiger partial charge in [-0.25, -0.2) is 4.98 Å². The first-order valence-electron chi connectivity index (χ1n) is 20.2. The molecule has 2 aromatic heterocycles. The number of likely N-dealkylation sites (tertiary alicyclic amines) is 1. The number of ether oxygens (including phenoxy) is 5. The molecule has 0 aromatic carbocycles. The Kier molecular flexibility index (Phi) is 16.8. The number of hydrogen-bond acceptors (Lipinski definition) is 16. The SMILES string of the molecule is CO[C@](C)(C[C@@H](C)C(C)=O)[C@H](O[C@@H]1O[C@H](C)C[C@H](N(C)C)[C@H]1O)[C@@H](C)C(=O)[C@@H](C)C(=O)O[C@H](I)[C@@](C)(OC=O)[C@@H](C)NC1CN(Cc2c(O)c(C)nc3cccnc23)C1. The maximum Gasteiger partial charge on any atom is 0.317 e. The monoisotopic (exact) mass is 941 g/mol. The van der Waals surface area contributed by atoms with Gasteiger partial charge >= 0.3 is 5.97 Å². The number of halogens is 1. The molecule has 2 aromatic rings. The van der Waals surface area contributed by atoms with Gasteiger partial charge in [-0.05, 0) is 110 Å². The molecule has 16 nitrogen and oxygen atoms in total. The number of esters is 1. The molecule has 0 amide bonds. The van der Waals surface area contributed by atoms with Gasteiger partial charge in [0.2, 0.25) is 0 Å². The predicted octanol–water partition coefficient (Wildman–Crippen LogP) is 3.71. The Morgan fingerprint density at radius 2 is 1.85 bits per heavy atom. The lowest BCUT2D eigenvalue weighted by atomic mass is 9.78. The summed E-state index contributed by atoms with van der Waals surface area (Å²) in [5, 5.41) is 25.7. The number of carbonyl (C=O) groups excluding carboxylic acids is 4. The zero-order chi connectivity index (χ0) is 44.1. The van der Waals surface area contributed by atoms with Gasteiger partial charge < -0.3 is 44.1 Å². The summed E-state index contributed by atoms with van der Waals surface area (Å²) in [5.41, 5.74) is 0.0243. The van der Waals surface area contributed by atoms with Crippen molar-refractivity contribution in [3.05, 3.63) is 29.6 Å². The van der Waals surface area contributed by atoms with Crippen LogP contribution in [0.1, 0.15) is 79.5 Å². The van der Waals surface area contributed by atoms with Crippen molar-refractivity contribution in [3.8, 4) is 5.75 Å². The van der Waals surface area contributed by atoms with Gasteiger partial charge in [0, 0.05) is 68.5 Å². The molecule has 2 aliphatic rings. The fourth-order valence-electron chi connectivity index (χ4n) is 8.07. The Hall–Kier alpha value is -2.91. The number of methoxy groups -OCH3 is 1. The van der Waals surface area contributed by atoms with Crippen molar-refractivity contribution >= 4 is 57.6 Å². The number of aromatic nitrogens is 2. The Morgan fingerprint density at radius 1 is 1.19 bits per heavy atom. The van der Waals surface area contributed by atoms with Crippen molar-refractivity contribution in [2.45, 2.75) is 140 Å². The number of likely N-dealkylation sites (N-methyl/N-ethyl adjacent to an activating group) is 1. The van der Waals surface area contributed by atoms with E-state index in [9.17, 15) is 29.4 Å². The van der Waals surface area contributed by atoms with Crippen LogP contribution in [-0.4, -0.2) is 146 Å². The summed E-state index contributed by atoms with van der Waals surface area (Å²) in [4.78, 5) is 65.3. The molecule has 0 aliphatic carbocycles. The molecule has 0 bridgehead atoms. The second-order valence-corrected chi connectivity index (χ2v) is 18.2. The molecular weight excluding hydrogens is 877 g/mol. The molecule has 17 heteroatoms. The molecule has 0 radical (unpaired) electrons. The van der Waals surface area contributed by atoms with Crippen LogP contribution in [0.25, 0.3) is 11.0 Å². The number of alkyl halides is 1. The second-order valence-electron chi connectivity index (χ2n) is 17.1. The molecule has 4 rings (SSSR count). The quantitative estimate of drug-likeness (QED) is 0.0538. The summed E-state index contributed by atoms with van der Waals surface area (Å²) in [6.07, 6.45) is -1.10. The van der Waals surface area contributed by atoms with E-state index in [4.69, 9.17) is 23.7 Å². The number of carbonyl (C=O) groups is 4. The number of hydrogen-bond donors (Lipinski definition) is 3. The summed E-state index contributed by atoms with van der Waals surface area (Å²) in [6.45, 7) is 17.2. The number of fused-ring (bicyclic) bond motifs is 1. The van der Waals surface area contributed by atoms with Gasteiger partial charge in [0.1, 0.15) is 23.6 Å². The number of aliphatic hydroxyl groups is 1. The van der Waals surface area contributed by atoms with Crippen LogP contribution in [0.15, 0.2) is 18.3 Å². The van der Waals surface area contributed by atoms with Gasteiger partial charge in [0.05, 0.1) is 34.5 Å². The first-order chi connectivity index (χ1) is 27.6. The molecule has 2 saturated heterocycles. The van der Waals surface area contributed by atoms with E-state index >= 15 is 0 Å². The Morgan fingerprint density at radius 3 is 2.44 bits per heavy atom. The standard InChI is InChI=1S/C42H64IN5O11/c1-22(27(6)50)17-41(8,55-12)37(58-39-36(53)32(47(10)11)16-23(2)57-39)24(3)34(51)25(4)38(54)59-40(43)42(9,56-21-49)28(7)46-29-18-48(19-29)20-30-33-31(14-13-15-44-33)45-26(5)35(30)52/h13-15,21-25,28-29,32,36-37,39-40,46,52-53H,16-20H2,1-12H3/t22-,23-,24+,25-,28-,32+,36-,37-,39+,40+,41-,42+/m1/s1. The van der Waals surface area contributed by atoms with Gasteiger partial charge in [0.25, 0.3) is 6.47 Å². The number of rotatable bonds is 21. The molecule has 12 atom stereocenters. The fraction of sp³-hybridized carbons (Fsp3) is 0.714. The number of nitrogens with one attached hydrogen (secondary N) is 1. The van der Waals surface area contributed by atoms with E-state index in [1.807, 2.05) is 61.5 Å². The fourth-order valence-corrected chi connectivity index (χ4v) is 9.01. The molecule has 0 spiro atoms. The lowest BCUT2D eigenvalue weighted by molar-refractivity contribution is -0.295. The van der Waals surface area contributed by atoms with Crippen molar-refractivity contribution < 1.29 is 53.1 Å². The number of aromatic hydroxyl groups is 1. The molecule has 2 fully saturated rings. The van der Waals surface area contributed by atoms with E-state index in [-0.39, 0.29) is 36.1 Å². The number of Topliss-reactive ketones (excluding diaryl/α,β-unsaturated/α-hetero) is 2. The summed E-state index contributed by atoms with van der Waals surface area (Å²) in [6, 6.07) is 2.87. The summed E-state index contributed by atoms with van der Waals surface area (Å²) in [7, 11) is 5.18. The Labute approximate surface area is 361 Å². The topological polar surface area (TPSA) is 199 Å². The van der Waals surface area contributed by atoms with Gasteiger partial charge in [-0.1, -0.05) is 13.8 Å². The van der Waals surface area contributed by atoms with E-state index in [0.717, 1.165) is 0 Å². The molecule has 59 heavy (non-hydrogen) atoms. The van der Waals surface area contributed by atoms with Crippen LogP contribution < -0.4 is 5.32 Å². The smallest absolute Gasteiger partial charge is 0.317 e. The highest BCUT2D eigenvalue weighted by atomic mass is 127. The van der Waals surface area contributed by atoms with Crippen LogP contribution in [-0.2, 0) is 49.4 Å². The first-order valence-corrected chi connectivity index (χ1v) is 21.4. The Bertz CT molecular complexity index is 1800. The molecule has 2 aliphatic heterocycles. The van der Waals surface area contributed by atoms with Crippen LogP contribution in [0, 0.1) is 24.7 Å². The van der Waals surface area contributed by atoms with E-state index in [2.05, 4.69) is 20.2 Å². The molecular formula is C42H64IN5O11. The highest BCUT2D eigenvalue weighted by Gasteiger charge is 2.50. The molecule has 3 N–H and O–H groups in total. The van der Waals surface area contributed by atoms with Gasteiger partial charge in [-0.2, -0.15) is 0 Å². The zero-order valence-electron chi connectivity index (χ0n) is 36.4. The lowest BCUT2D eigenvalue weighted by Crippen LogP contribution is -2.65. The van der Waals surface area contributed by atoms with Crippen LogP contribution >= 0.6 is 22.6 Å². The van der Waals surface area contributed by atoms with Crippen LogP contribution in [0.5, 0.6) is 5.75 Å². The van der Waals surface area contributed by atoms with E-state index < -0.39 is 69.4 Å². The first kappa shape index (κ1) is 48.8. The molecule has 0 unspecified atom stereocenters. The average Bonchev–Trinajstić information content (AvgIpc) is 3.17. The van der Waals surface area contributed by atoms with Gasteiger partial charge in [-0.3, -0.25) is 29.1 Å². The normalized spacial score (nSPS) is 25.4. The maximum atomic E-state index is 14.3. The number of nitrogens with zero attached hydrogens (tertiary/aromatic N) is 4. The minimum Gasteiger partial charge on any atom is -0.506 e. The summed E-state index contributed by atoms with van der Waals surface area (Å²) < 4.78 is 29.1. The van der Waals surface area contributed by atoms with Crippen molar-refractivity contribution in [2.24, 2.45) is 17.8 Å². The van der Waals surface area contributed by atoms with Crippen molar-refractivity contribution in [1.82, 2.24) is 25.1 Å². The van der Waals surface area contributed by atoms with Gasteiger partial charge in [0.15, 0.2) is 21.8 Å². The summed E-state index contributed by atoms with van der Waals surface area (Å²) >= 11 is 1.90. The maximum absolute atomic E-state index is 14.3. The van der Waals surface area contributed by atoms with Crippen molar-refractivity contribution in [3.63, 3.8) is 0 Å². The zero-order valence-corrected chi connectivity index (χ0v) is 38.6. The molecule has 330 valence electrons. The number of pyridine rings is 2. The van der Waals surface area contributed by atoms with E-state index in [1.54, 1.807) is 46.9 Å². The van der Waals surface area contributed by atoms with Crippen LogP contribution in [0.3, 0.4) is 0 Å². The van der Waals surface area contributed by atoms with Crippen molar-refractivity contribution in [1.29, 1.82) is 0 Å². The third kappa shape index (κ3) is 11.1. The number of aliphatic hydroxyl groups excluding tert-OH is 1. The number of aryl methyl sites for hydroxylation is 1. The summed E-state index contributed by atoms with van der Waals surface area (Å²) in [5.74, 6) is -4.03. The predicted molar refractivity (Wildman–Crippen MR) is 228 cm³/mol. The largest absolute Gasteiger partial charge is 0.506 e. The van der Waals surface area contributed by atoms with Gasteiger partial charge in [-0.15, -0.1) is 0 Å². The second kappa shape index (κ2) is 20.3. The lowest BCUT2D eigenvalue weighted by Gasteiger charge is -2.46. The third-order valence-corrected chi connectivity index (χ3v) is 13.9. The van der Waals surface area contributed by atoms with E-state index in [1.165, 1.54) is 21.0 Å². The van der Waals surface area contributed by atoms with Crippen LogP contribution in [0.2, 0.25) is 0 Å².